The fourth-order valence-corrected chi connectivity index (χ4v) is 2.61. The highest BCUT2D eigenvalue weighted by Gasteiger charge is 2.20. The molecular weight excluding hydrogens is 398 g/mol. The van der Waals surface area contributed by atoms with Gasteiger partial charge in [-0.05, 0) is 49.4 Å². The molecule has 150 valence electrons. The summed E-state index contributed by atoms with van der Waals surface area (Å²) in [6.07, 6.45) is -1.22. The third-order valence-electron chi connectivity index (χ3n) is 3.40. The van der Waals surface area contributed by atoms with Gasteiger partial charge in [0.05, 0.1) is 10.5 Å². The summed E-state index contributed by atoms with van der Waals surface area (Å²) in [5, 5.41) is 7.43. The van der Waals surface area contributed by atoms with Crippen LogP contribution in [0.4, 0.5) is 14.5 Å². The van der Waals surface area contributed by atoms with E-state index >= 15 is 0 Å². The van der Waals surface area contributed by atoms with Gasteiger partial charge in [-0.15, -0.1) is 0 Å². The molecule has 2 aromatic carbocycles. The first-order valence-corrected chi connectivity index (χ1v) is 9.30. The van der Waals surface area contributed by atoms with Gasteiger partial charge < -0.3 is 14.8 Å². The number of benzene rings is 2. The maximum atomic E-state index is 12.1. The van der Waals surface area contributed by atoms with Crippen molar-refractivity contribution in [1.82, 2.24) is 0 Å². The Labute approximate surface area is 159 Å². The van der Waals surface area contributed by atoms with Crippen LogP contribution in [0, 0.1) is 0 Å². The minimum atomic E-state index is -3.94. The fraction of sp³-hybridized carbons (Fsp3) is 0.176. The van der Waals surface area contributed by atoms with Crippen LogP contribution in [0.2, 0.25) is 0 Å². The van der Waals surface area contributed by atoms with Crippen LogP contribution in [0.15, 0.2) is 53.4 Å². The van der Waals surface area contributed by atoms with Crippen molar-refractivity contribution in [2.75, 3.05) is 5.32 Å². The van der Waals surface area contributed by atoms with Crippen LogP contribution in [0.25, 0.3) is 0 Å². The number of nitrogens with one attached hydrogen (secondary N) is 1. The number of carbonyl (C=O) groups is 2. The van der Waals surface area contributed by atoms with E-state index in [1.54, 1.807) is 0 Å². The fourth-order valence-electron chi connectivity index (χ4n) is 2.05. The van der Waals surface area contributed by atoms with E-state index < -0.39 is 34.6 Å². The second kappa shape index (κ2) is 8.76. The number of ether oxygens (including phenoxy) is 2. The number of hydrogen-bond donors (Lipinski definition) is 2. The zero-order valence-corrected chi connectivity index (χ0v) is 15.3. The average Bonchev–Trinajstić information content (AvgIpc) is 2.61. The quantitative estimate of drug-likeness (QED) is 0.669. The van der Waals surface area contributed by atoms with Crippen molar-refractivity contribution in [2.45, 2.75) is 24.5 Å². The minimum absolute atomic E-state index is 0.0255. The maximum Gasteiger partial charge on any atom is 0.387 e. The molecule has 0 aliphatic rings. The van der Waals surface area contributed by atoms with Crippen LogP contribution in [0.1, 0.15) is 17.3 Å². The number of sulfonamides is 1. The number of anilines is 1. The highest BCUT2D eigenvalue weighted by atomic mass is 32.2. The first kappa shape index (κ1) is 21.3. The van der Waals surface area contributed by atoms with E-state index in [2.05, 4.69) is 10.1 Å². The van der Waals surface area contributed by atoms with Gasteiger partial charge in [0.15, 0.2) is 6.10 Å². The number of primary sulfonamides is 1. The zero-order chi connectivity index (χ0) is 20.9. The van der Waals surface area contributed by atoms with Crippen LogP contribution in [0.5, 0.6) is 5.75 Å². The predicted octanol–water partition coefficient (Wildman–Crippen LogP) is 2.12. The molecule has 0 saturated carbocycles. The number of carbonyl (C=O) groups excluding carboxylic acids is 2. The Morgan fingerprint density at radius 3 is 2.32 bits per heavy atom. The first-order chi connectivity index (χ1) is 13.1. The molecule has 0 bridgehead atoms. The molecule has 0 aliphatic carbocycles. The second-order valence-corrected chi connectivity index (χ2v) is 7.07. The van der Waals surface area contributed by atoms with Crippen LogP contribution < -0.4 is 15.2 Å². The van der Waals surface area contributed by atoms with Crippen molar-refractivity contribution in [2.24, 2.45) is 5.14 Å². The highest BCUT2D eigenvalue weighted by molar-refractivity contribution is 7.89. The van der Waals surface area contributed by atoms with Crippen LogP contribution in [-0.2, 0) is 19.6 Å². The SMILES string of the molecule is C[C@H](OC(=O)c1ccc(OC(F)F)cc1)C(=O)Nc1cccc(S(N)(=O)=O)c1. The predicted molar refractivity (Wildman–Crippen MR) is 94.4 cm³/mol. The van der Waals surface area contributed by atoms with E-state index in [0.29, 0.717) is 0 Å². The second-order valence-electron chi connectivity index (χ2n) is 5.51. The first-order valence-electron chi connectivity index (χ1n) is 7.76. The van der Waals surface area contributed by atoms with E-state index in [1.165, 1.54) is 37.3 Å². The van der Waals surface area contributed by atoms with E-state index in [-0.39, 0.29) is 21.9 Å². The number of hydrogen-bond acceptors (Lipinski definition) is 6. The van der Waals surface area contributed by atoms with Crippen LogP contribution in [0.3, 0.4) is 0 Å². The van der Waals surface area contributed by atoms with Gasteiger partial charge in [0.25, 0.3) is 5.91 Å². The van der Waals surface area contributed by atoms with Gasteiger partial charge in [0.2, 0.25) is 10.0 Å². The number of alkyl halides is 2. The van der Waals surface area contributed by atoms with E-state index in [9.17, 15) is 26.8 Å². The molecule has 8 nitrogen and oxygen atoms in total. The Kier molecular flexibility index (Phi) is 6.65. The molecule has 0 fully saturated rings. The molecule has 2 rings (SSSR count). The summed E-state index contributed by atoms with van der Waals surface area (Å²) < 4.78 is 56.1. The summed E-state index contributed by atoms with van der Waals surface area (Å²) in [5.74, 6) is -1.70. The summed E-state index contributed by atoms with van der Waals surface area (Å²) >= 11 is 0. The van der Waals surface area contributed by atoms with Gasteiger partial charge in [-0.2, -0.15) is 8.78 Å². The molecule has 0 aliphatic heterocycles. The number of esters is 1. The van der Waals surface area contributed by atoms with Gasteiger partial charge in [-0.3, -0.25) is 4.79 Å². The maximum absolute atomic E-state index is 12.1. The van der Waals surface area contributed by atoms with Crippen molar-refractivity contribution >= 4 is 27.6 Å². The molecule has 1 atom stereocenters. The lowest BCUT2D eigenvalue weighted by molar-refractivity contribution is -0.123. The molecule has 0 unspecified atom stereocenters. The van der Waals surface area contributed by atoms with Crippen molar-refractivity contribution in [3.8, 4) is 5.75 Å². The lowest BCUT2D eigenvalue weighted by Gasteiger charge is -2.14. The number of rotatable bonds is 7. The largest absolute Gasteiger partial charge is 0.449 e. The van der Waals surface area contributed by atoms with Crippen molar-refractivity contribution in [3.05, 3.63) is 54.1 Å². The smallest absolute Gasteiger partial charge is 0.387 e. The molecule has 28 heavy (non-hydrogen) atoms. The van der Waals surface area contributed by atoms with Gasteiger partial charge in [0, 0.05) is 5.69 Å². The Morgan fingerprint density at radius 2 is 1.75 bits per heavy atom. The number of nitrogens with two attached hydrogens (primary N) is 1. The molecule has 0 spiro atoms. The van der Waals surface area contributed by atoms with Crippen molar-refractivity contribution < 1.29 is 36.3 Å². The summed E-state index contributed by atoms with van der Waals surface area (Å²) in [6, 6.07) is 9.97. The standard InChI is InChI=1S/C17H16F2N2O6S/c1-10(15(22)21-12-3-2-4-14(9-12)28(20,24)25)26-16(23)11-5-7-13(8-6-11)27-17(18)19/h2-10,17H,1H3,(H,21,22)(H2,20,24,25)/t10-/m0/s1. The average molecular weight is 414 g/mol. The minimum Gasteiger partial charge on any atom is -0.449 e. The molecule has 11 heteroatoms. The van der Waals surface area contributed by atoms with E-state index in [4.69, 9.17) is 9.88 Å². The Morgan fingerprint density at radius 1 is 1.11 bits per heavy atom. The summed E-state index contributed by atoms with van der Waals surface area (Å²) in [5.41, 5.74) is 0.172. The van der Waals surface area contributed by atoms with Gasteiger partial charge in [-0.25, -0.2) is 18.4 Å². The Bertz CT molecular complexity index is 964. The third-order valence-corrected chi connectivity index (χ3v) is 4.31. The molecular formula is C17H16F2N2O6S. The van der Waals surface area contributed by atoms with Crippen molar-refractivity contribution in [3.63, 3.8) is 0 Å². The van der Waals surface area contributed by atoms with Crippen molar-refractivity contribution in [1.29, 1.82) is 0 Å². The molecule has 2 aromatic rings. The van der Waals surface area contributed by atoms with E-state index in [1.807, 2.05) is 0 Å². The summed E-state index contributed by atoms with van der Waals surface area (Å²) in [7, 11) is -3.94. The van der Waals surface area contributed by atoms with Gasteiger partial charge in [-0.1, -0.05) is 6.07 Å². The highest BCUT2D eigenvalue weighted by Crippen LogP contribution is 2.17. The molecule has 0 radical (unpaired) electrons. The lowest BCUT2D eigenvalue weighted by atomic mass is 10.2. The topological polar surface area (TPSA) is 125 Å². The Hall–Kier alpha value is -3.05. The van der Waals surface area contributed by atoms with Crippen LogP contribution >= 0.6 is 0 Å². The Balaban J connectivity index is 1.99. The molecule has 0 saturated heterocycles. The monoisotopic (exact) mass is 414 g/mol. The number of halogens is 2. The molecule has 0 heterocycles. The normalized spacial score (nSPS) is 12.3. The van der Waals surface area contributed by atoms with Gasteiger partial charge in [0.1, 0.15) is 5.75 Å². The van der Waals surface area contributed by atoms with Crippen LogP contribution in [-0.4, -0.2) is 33.0 Å². The molecule has 3 N–H and O–H groups in total. The summed E-state index contributed by atoms with van der Waals surface area (Å²) in [6.45, 7) is -1.68. The number of amides is 1. The molecule has 0 aromatic heterocycles. The summed E-state index contributed by atoms with van der Waals surface area (Å²) in [4.78, 5) is 24.0. The lowest BCUT2D eigenvalue weighted by Crippen LogP contribution is -2.30. The van der Waals surface area contributed by atoms with E-state index in [0.717, 1.165) is 18.2 Å². The van der Waals surface area contributed by atoms with Gasteiger partial charge >= 0.3 is 12.6 Å². The molecule has 1 amide bonds. The third kappa shape index (κ3) is 5.99. The zero-order valence-electron chi connectivity index (χ0n) is 14.5.